The molecule has 0 bridgehead atoms. The van der Waals surface area contributed by atoms with Crippen molar-refractivity contribution < 1.29 is 19.4 Å². The first-order chi connectivity index (χ1) is 15.0. The quantitative estimate of drug-likeness (QED) is 0.622. The second-order valence-electron chi connectivity index (χ2n) is 7.76. The molecular weight excluding hydrogens is 396 g/mol. The van der Waals surface area contributed by atoms with E-state index in [1.54, 1.807) is 12.3 Å². The number of benzene rings is 1. The molecule has 1 saturated heterocycles. The molecule has 8 nitrogen and oxygen atoms in total. The minimum Gasteiger partial charge on any atom is -0.493 e. The van der Waals surface area contributed by atoms with E-state index in [0.29, 0.717) is 29.3 Å². The number of aryl methyl sites for hydroxylation is 1. The predicted octanol–water partition coefficient (Wildman–Crippen LogP) is 3.56. The van der Waals surface area contributed by atoms with Crippen molar-refractivity contribution in [3.8, 4) is 23.1 Å². The van der Waals surface area contributed by atoms with Crippen LogP contribution < -0.4 is 4.74 Å². The molecule has 0 spiro atoms. The fourth-order valence-electron chi connectivity index (χ4n) is 3.94. The minimum absolute atomic E-state index is 0.00211. The van der Waals surface area contributed by atoms with Crippen molar-refractivity contribution in [1.29, 1.82) is 5.26 Å². The fourth-order valence-corrected chi connectivity index (χ4v) is 3.94. The summed E-state index contributed by atoms with van der Waals surface area (Å²) in [4.78, 5) is 19.7. The zero-order valence-corrected chi connectivity index (χ0v) is 17.4. The molecule has 0 aliphatic carbocycles. The summed E-state index contributed by atoms with van der Waals surface area (Å²) in [6.07, 6.45) is 4.85. The Bertz CT molecular complexity index is 1140. The molecule has 4 rings (SSSR count). The third kappa shape index (κ3) is 4.67. The fraction of sp³-hybridized carbons (Fsp3) is 0.391. The molecule has 0 unspecified atom stereocenters. The zero-order valence-electron chi connectivity index (χ0n) is 17.4. The van der Waals surface area contributed by atoms with Crippen molar-refractivity contribution >= 4 is 17.0 Å². The highest BCUT2D eigenvalue weighted by atomic mass is 16.5. The van der Waals surface area contributed by atoms with Gasteiger partial charge in [-0.15, -0.1) is 0 Å². The molecule has 0 saturated carbocycles. The first kappa shape index (κ1) is 20.8. The van der Waals surface area contributed by atoms with E-state index in [9.17, 15) is 10.1 Å². The summed E-state index contributed by atoms with van der Waals surface area (Å²) in [7, 11) is 0. The van der Waals surface area contributed by atoms with Gasteiger partial charge < -0.3 is 19.1 Å². The maximum atomic E-state index is 11.1. The van der Waals surface area contributed by atoms with Gasteiger partial charge in [0.2, 0.25) is 5.82 Å². The lowest BCUT2D eigenvalue weighted by Crippen LogP contribution is -2.17. The first-order valence-electron chi connectivity index (χ1n) is 10.4. The van der Waals surface area contributed by atoms with Crippen molar-refractivity contribution in [3.05, 3.63) is 41.9 Å². The Morgan fingerprint density at radius 3 is 2.84 bits per heavy atom. The molecule has 1 aliphatic rings. The van der Waals surface area contributed by atoms with Crippen molar-refractivity contribution in [3.63, 3.8) is 0 Å². The molecular formula is C23H24N4O4. The Kier molecular flexibility index (Phi) is 6.14. The van der Waals surface area contributed by atoms with Gasteiger partial charge in [-0.25, -0.2) is 9.97 Å². The summed E-state index contributed by atoms with van der Waals surface area (Å²) in [5.41, 5.74) is 2.83. The topological polar surface area (TPSA) is 110 Å². The third-order valence-corrected chi connectivity index (χ3v) is 5.60. The molecule has 8 heteroatoms. The second-order valence-corrected chi connectivity index (χ2v) is 7.76. The van der Waals surface area contributed by atoms with Crippen LogP contribution in [-0.2, 0) is 16.1 Å². The average Bonchev–Trinajstić information content (AvgIpc) is 3.17. The summed E-state index contributed by atoms with van der Waals surface area (Å²) in [5, 5.41) is 19.2. The van der Waals surface area contributed by atoms with Gasteiger partial charge in [-0.3, -0.25) is 4.79 Å². The lowest BCUT2D eigenvalue weighted by molar-refractivity contribution is -0.137. The van der Waals surface area contributed by atoms with Gasteiger partial charge in [0.1, 0.15) is 24.0 Å². The summed E-state index contributed by atoms with van der Waals surface area (Å²) in [6.45, 7) is 4.09. The lowest BCUT2D eigenvalue weighted by Gasteiger charge is -2.22. The van der Waals surface area contributed by atoms with Crippen molar-refractivity contribution in [2.45, 2.75) is 32.7 Å². The van der Waals surface area contributed by atoms with Crippen LogP contribution in [0.4, 0.5) is 0 Å². The molecule has 0 amide bonds. The number of hydrogen-bond acceptors (Lipinski definition) is 6. The SMILES string of the molecule is Cc1cc(-c2nc(C#N)nc3c2ccn3CC(=O)O)ccc1OCCC1CCOCC1. The molecule has 160 valence electrons. The van der Waals surface area contributed by atoms with E-state index in [0.717, 1.165) is 49.4 Å². The van der Waals surface area contributed by atoms with E-state index >= 15 is 0 Å². The van der Waals surface area contributed by atoms with Crippen LogP contribution in [0.25, 0.3) is 22.3 Å². The summed E-state index contributed by atoms with van der Waals surface area (Å²) in [5.74, 6) is 0.503. The van der Waals surface area contributed by atoms with E-state index in [2.05, 4.69) is 9.97 Å². The molecule has 3 aromatic rings. The highest BCUT2D eigenvalue weighted by molar-refractivity contribution is 5.92. The van der Waals surface area contributed by atoms with Crippen LogP contribution in [0, 0.1) is 24.2 Å². The number of fused-ring (bicyclic) bond motifs is 1. The predicted molar refractivity (Wildman–Crippen MR) is 114 cm³/mol. The van der Waals surface area contributed by atoms with Gasteiger partial charge in [0.05, 0.1) is 12.3 Å². The van der Waals surface area contributed by atoms with Gasteiger partial charge in [-0.05, 0) is 61.9 Å². The normalized spacial score (nSPS) is 14.5. The lowest BCUT2D eigenvalue weighted by atomic mass is 9.97. The number of nitrogens with zero attached hydrogens (tertiary/aromatic N) is 4. The Morgan fingerprint density at radius 2 is 2.13 bits per heavy atom. The number of ether oxygens (including phenoxy) is 2. The van der Waals surface area contributed by atoms with E-state index < -0.39 is 5.97 Å². The monoisotopic (exact) mass is 420 g/mol. The number of aliphatic carboxylic acids is 1. The summed E-state index contributed by atoms with van der Waals surface area (Å²) < 4.78 is 12.9. The maximum absolute atomic E-state index is 11.1. The smallest absolute Gasteiger partial charge is 0.323 e. The van der Waals surface area contributed by atoms with Crippen molar-refractivity contribution in [2.75, 3.05) is 19.8 Å². The molecule has 0 atom stereocenters. The van der Waals surface area contributed by atoms with Crippen LogP contribution in [0.5, 0.6) is 5.75 Å². The molecule has 3 heterocycles. The second kappa shape index (κ2) is 9.14. The molecule has 2 aromatic heterocycles. The van der Waals surface area contributed by atoms with Crippen LogP contribution in [0.15, 0.2) is 30.5 Å². The Labute approximate surface area is 180 Å². The van der Waals surface area contributed by atoms with Crippen LogP contribution in [-0.4, -0.2) is 45.4 Å². The number of rotatable bonds is 7. The largest absolute Gasteiger partial charge is 0.493 e. The van der Waals surface area contributed by atoms with Crippen LogP contribution in [0.1, 0.15) is 30.7 Å². The van der Waals surface area contributed by atoms with Crippen LogP contribution >= 0.6 is 0 Å². The Morgan fingerprint density at radius 1 is 1.32 bits per heavy atom. The highest BCUT2D eigenvalue weighted by Gasteiger charge is 2.16. The van der Waals surface area contributed by atoms with Gasteiger partial charge in [-0.1, -0.05) is 0 Å². The maximum Gasteiger partial charge on any atom is 0.323 e. The van der Waals surface area contributed by atoms with Gasteiger partial charge in [0.15, 0.2) is 0 Å². The summed E-state index contributed by atoms with van der Waals surface area (Å²) >= 11 is 0. The number of aromatic nitrogens is 3. The van der Waals surface area contributed by atoms with Gasteiger partial charge >= 0.3 is 5.97 Å². The van der Waals surface area contributed by atoms with Crippen LogP contribution in [0.3, 0.4) is 0 Å². The number of carbonyl (C=O) groups is 1. The van der Waals surface area contributed by atoms with E-state index in [-0.39, 0.29) is 12.4 Å². The molecule has 1 N–H and O–H groups in total. The number of nitriles is 1. The number of hydrogen-bond donors (Lipinski definition) is 1. The number of carboxylic acid groups (broad SMARTS) is 1. The van der Waals surface area contributed by atoms with Gasteiger partial charge in [0, 0.05) is 30.4 Å². The zero-order chi connectivity index (χ0) is 21.8. The van der Waals surface area contributed by atoms with Crippen LogP contribution in [0.2, 0.25) is 0 Å². The van der Waals surface area contributed by atoms with Crippen molar-refractivity contribution in [2.24, 2.45) is 5.92 Å². The number of carboxylic acids is 1. The first-order valence-corrected chi connectivity index (χ1v) is 10.4. The van der Waals surface area contributed by atoms with Gasteiger partial charge in [0.25, 0.3) is 0 Å². The molecule has 1 aromatic carbocycles. The molecule has 1 aliphatic heterocycles. The standard InChI is InChI=1S/C23H24N4O4/c1-15-12-17(2-3-19(15)31-11-7-16-5-9-30-10-6-16)22-18-4-8-27(14-21(28)29)23(18)26-20(13-24)25-22/h2-4,8,12,16H,5-7,9-11,14H2,1H3,(H,28,29). The highest BCUT2D eigenvalue weighted by Crippen LogP contribution is 2.31. The third-order valence-electron chi connectivity index (χ3n) is 5.60. The molecule has 31 heavy (non-hydrogen) atoms. The van der Waals surface area contributed by atoms with Gasteiger partial charge in [-0.2, -0.15) is 5.26 Å². The molecule has 0 radical (unpaired) electrons. The average molecular weight is 420 g/mol. The Hall–Kier alpha value is -3.44. The van der Waals surface area contributed by atoms with Crippen molar-refractivity contribution in [1.82, 2.24) is 14.5 Å². The molecule has 1 fully saturated rings. The Balaban J connectivity index is 1.57. The minimum atomic E-state index is -0.978. The summed E-state index contributed by atoms with van der Waals surface area (Å²) in [6, 6.07) is 9.55. The van der Waals surface area contributed by atoms with E-state index in [4.69, 9.17) is 14.6 Å². The van der Waals surface area contributed by atoms with E-state index in [1.165, 1.54) is 4.57 Å². The van der Waals surface area contributed by atoms with E-state index in [1.807, 2.05) is 31.2 Å².